The van der Waals surface area contributed by atoms with Gasteiger partial charge in [0.1, 0.15) is 12.3 Å². The van der Waals surface area contributed by atoms with Gasteiger partial charge in [-0.3, -0.25) is 4.79 Å². The van der Waals surface area contributed by atoms with E-state index in [-0.39, 0.29) is 29.2 Å². The molecule has 1 aliphatic rings. The highest BCUT2D eigenvalue weighted by atomic mass is 19.4. The Kier molecular flexibility index (Phi) is 5.13. The largest absolute Gasteiger partial charge is 0.494 e. The van der Waals surface area contributed by atoms with Gasteiger partial charge < -0.3 is 10.1 Å². The van der Waals surface area contributed by atoms with Crippen LogP contribution in [0.15, 0.2) is 30.3 Å². The number of aryl methyl sites for hydroxylation is 1. The molecule has 0 spiro atoms. The van der Waals surface area contributed by atoms with Gasteiger partial charge in [-0.1, -0.05) is 0 Å². The van der Waals surface area contributed by atoms with E-state index in [0.717, 1.165) is 18.9 Å². The van der Waals surface area contributed by atoms with Crippen LogP contribution in [-0.4, -0.2) is 27.3 Å². The Balaban J connectivity index is 1.62. The standard InChI is InChI=1S/C21H21F3N4O2/c1-3-30-15-8-6-14(7-9-15)25-18(29)11-28-20-19(12(2)27-28)16(21(22,23)24)10-17(26-20)13-4-5-13/h6-10,13H,3-5,11H2,1-2H3,(H,25,29). The van der Waals surface area contributed by atoms with E-state index in [1.54, 1.807) is 24.3 Å². The highest BCUT2D eigenvalue weighted by Crippen LogP contribution is 2.43. The molecule has 6 nitrogen and oxygen atoms in total. The molecule has 2 aromatic heterocycles. The molecule has 9 heteroatoms. The van der Waals surface area contributed by atoms with Crippen LogP contribution in [-0.2, 0) is 17.5 Å². The summed E-state index contributed by atoms with van der Waals surface area (Å²) in [6.07, 6.45) is -2.88. The molecule has 0 saturated heterocycles. The van der Waals surface area contributed by atoms with Crippen LogP contribution in [0.5, 0.6) is 5.75 Å². The minimum absolute atomic E-state index is 0.0387. The molecule has 0 aliphatic heterocycles. The van der Waals surface area contributed by atoms with Crippen molar-refractivity contribution >= 4 is 22.6 Å². The highest BCUT2D eigenvalue weighted by Gasteiger charge is 2.37. The summed E-state index contributed by atoms with van der Waals surface area (Å²) in [5, 5.41) is 6.85. The van der Waals surface area contributed by atoms with E-state index < -0.39 is 17.6 Å². The topological polar surface area (TPSA) is 69.0 Å². The number of fused-ring (bicyclic) bond motifs is 1. The number of carbonyl (C=O) groups excluding carboxylic acids is 1. The minimum Gasteiger partial charge on any atom is -0.494 e. The third-order valence-corrected chi connectivity index (χ3v) is 4.94. The van der Waals surface area contributed by atoms with E-state index in [4.69, 9.17) is 4.74 Å². The summed E-state index contributed by atoms with van der Waals surface area (Å²) in [5.41, 5.74) is 0.499. The number of benzene rings is 1. The number of rotatable bonds is 6. The normalized spacial score (nSPS) is 14.2. The molecule has 0 unspecified atom stereocenters. The number of alkyl halides is 3. The van der Waals surface area contributed by atoms with Gasteiger partial charge in [0, 0.05) is 17.3 Å². The number of nitrogens with one attached hydrogen (secondary N) is 1. The molecule has 1 saturated carbocycles. The average molecular weight is 418 g/mol. The third-order valence-electron chi connectivity index (χ3n) is 4.94. The molecule has 1 aromatic carbocycles. The molecule has 0 atom stereocenters. The van der Waals surface area contributed by atoms with Crippen LogP contribution in [0.3, 0.4) is 0 Å². The first-order valence-electron chi connectivity index (χ1n) is 9.74. The first-order valence-corrected chi connectivity index (χ1v) is 9.74. The fourth-order valence-electron chi connectivity index (χ4n) is 3.43. The van der Waals surface area contributed by atoms with Gasteiger partial charge in [-0.25, -0.2) is 9.67 Å². The van der Waals surface area contributed by atoms with Gasteiger partial charge >= 0.3 is 6.18 Å². The van der Waals surface area contributed by atoms with Crippen molar-refractivity contribution in [1.82, 2.24) is 14.8 Å². The van der Waals surface area contributed by atoms with E-state index >= 15 is 0 Å². The lowest BCUT2D eigenvalue weighted by molar-refractivity contribution is -0.136. The van der Waals surface area contributed by atoms with Crippen LogP contribution in [0.4, 0.5) is 18.9 Å². The molecule has 30 heavy (non-hydrogen) atoms. The lowest BCUT2D eigenvalue weighted by Gasteiger charge is -2.11. The van der Waals surface area contributed by atoms with Crippen molar-refractivity contribution in [3.8, 4) is 5.75 Å². The quantitative estimate of drug-likeness (QED) is 0.632. The number of carbonyl (C=O) groups is 1. The zero-order valence-electron chi connectivity index (χ0n) is 16.6. The molecule has 1 aliphatic carbocycles. The van der Waals surface area contributed by atoms with E-state index in [1.165, 1.54) is 11.6 Å². The molecule has 4 rings (SSSR count). The molecule has 1 amide bonds. The van der Waals surface area contributed by atoms with Gasteiger partial charge in [-0.05, 0) is 57.0 Å². The number of nitrogens with zero attached hydrogens (tertiary/aromatic N) is 3. The Hall–Kier alpha value is -3.10. The lowest BCUT2D eigenvalue weighted by Crippen LogP contribution is -2.20. The van der Waals surface area contributed by atoms with Gasteiger partial charge in [0.2, 0.25) is 5.91 Å². The summed E-state index contributed by atoms with van der Waals surface area (Å²) in [4.78, 5) is 16.9. The fraction of sp³-hybridized carbons (Fsp3) is 0.381. The molecule has 0 bridgehead atoms. The second-order valence-corrected chi connectivity index (χ2v) is 7.31. The van der Waals surface area contributed by atoms with Crippen molar-refractivity contribution in [2.24, 2.45) is 0 Å². The average Bonchev–Trinajstić information content (AvgIpc) is 3.48. The highest BCUT2D eigenvalue weighted by molar-refractivity contribution is 5.92. The van der Waals surface area contributed by atoms with Crippen molar-refractivity contribution in [3.05, 3.63) is 47.3 Å². The van der Waals surface area contributed by atoms with E-state index in [9.17, 15) is 18.0 Å². The monoisotopic (exact) mass is 418 g/mol. The number of hydrogen-bond donors (Lipinski definition) is 1. The Morgan fingerprint density at radius 2 is 1.97 bits per heavy atom. The van der Waals surface area contributed by atoms with Crippen molar-refractivity contribution in [1.29, 1.82) is 0 Å². The van der Waals surface area contributed by atoms with Crippen molar-refractivity contribution in [2.75, 3.05) is 11.9 Å². The summed E-state index contributed by atoms with van der Waals surface area (Å²) in [6.45, 7) is 3.67. The lowest BCUT2D eigenvalue weighted by atomic mass is 10.1. The Morgan fingerprint density at radius 3 is 2.57 bits per heavy atom. The summed E-state index contributed by atoms with van der Waals surface area (Å²) in [7, 11) is 0. The number of ether oxygens (including phenoxy) is 1. The Morgan fingerprint density at radius 1 is 1.27 bits per heavy atom. The van der Waals surface area contributed by atoms with Gasteiger partial charge in [-0.2, -0.15) is 18.3 Å². The second-order valence-electron chi connectivity index (χ2n) is 7.31. The van der Waals surface area contributed by atoms with Crippen molar-refractivity contribution in [3.63, 3.8) is 0 Å². The smallest absolute Gasteiger partial charge is 0.417 e. The SMILES string of the molecule is CCOc1ccc(NC(=O)Cn2nc(C)c3c(C(F)(F)F)cc(C4CC4)nc32)cc1. The maximum atomic E-state index is 13.7. The van der Waals surface area contributed by atoms with Gasteiger partial charge in [0.15, 0.2) is 5.65 Å². The van der Waals surface area contributed by atoms with Crippen LogP contribution in [0.1, 0.15) is 42.6 Å². The molecular formula is C21H21F3N4O2. The van der Waals surface area contributed by atoms with Crippen molar-refractivity contribution < 1.29 is 22.7 Å². The maximum absolute atomic E-state index is 13.7. The Labute approximate surface area is 171 Å². The molecular weight excluding hydrogens is 397 g/mol. The van der Waals surface area contributed by atoms with E-state index in [1.807, 2.05) is 6.92 Å². The van der Waals surface area contributed by atoms with Gasteiger partial charge in [0.05, 0.1) is 23.3 Å². The minimum atomic E-state index is -4.52. The van der Waals surface area contributed by atoms with E-state index in [2.05, 4.69) is 15.4 Å². The molecule has 3 aromatic rings. The molecule has 1 fully saturated rings. The molecule has 0 radical (unpaired) electrons. The number of pyridine rings is 1. The fourth-order valence-corrected chi connectivity index (χ4v) is 3.43. The van der Waals surface area contributed by atoms with Gasteiger partial charge in [-0.15, -0.1) is 0 Å². The second kappa shape index (κ2) is 7.62. The maximum Gasteiger partial charge on any atom is 0.417 e. The zero-order valence-corrected chi connectivity index (χ0v) is 16.6. The molecule has 1 N–H and O–H groups in total. The van der Waals surface area contributed by atoms with Gasteiger partial charge in [0.25, 0.3) is 0 Å². The Bertz CT molecular complexity index is 1090. The summed E-state index contributed by atoms with van der Waals surface area (Å²) in [6, 6.07) is 7.97. The van der Waals surface area contributed by atoms with Crippen LogP contribution < -0.4 is 10.1 Å². The summed E-state index contributed by atoms with van der Waals surface area (Å²) >= 11 is 0. The first kappa shape index (κ1) is 20.2. The van der Waals surface area contributed by atoms with Crippen LogP contribution in [0, 0.1) is 6.92 Å². The van der Waals surface area contributed by atoms with Crippen molar-refractivity contribution in [2.45, 2.75) is 45.3 Å². The number of hydrogen-bond acceptors (Lipinski definition) is 4. The summed E-state index contributed by atoms with van der Waals surface area (Å²) in [5.74, 6) is 0.313. The zero-order chi connectivity index (χ0) is 21.5. The summed E-state index contributed by atoms with van der Waals surface area (Å²) < 4.78 is 47.6. The number of amides is 1. The van der Waals surface area contributed by atoms with Crippen LogP contribution >= 0.6 is 0 Å². The predicted molar refractivity (Wildman–Crippen MR) is 105 cm³/mol. The van der Waals surface area contributed by atoms with E-state index in [0.29, 0.717) is 23.7 Å². The first-order chi connectivity index (χ1) is 14.3. The number of halogens is 3. The van der Waals surface area contributed by atoms with Crippen LogP contribution in [0.2, 0.25) is 0 Å². The molecule has 158 valence electrons. The van der Waals surface area contributed by atoms with Crippen LogP contribution in [0.25, 0.3) is 11.0 Å². The predicted octanol–water partition coefficient (Wildman–Crippen LogP) is 4.67. The number of anilines is 1. The number of aromatic nitrogens is 3. The third kappa shape index (κ3) is 4.10. The molecule has 2 heterocycles.